The molecule has 224 valence electrons. The lowest BCUT2D eigenvalue weighted by molar-refractivity contribution is -0.122. The van der Waals surface area contributed by atoms with Gasteiger partial charge in [0.05, 0.1) is 32.2 Å². The molecule has 1 aliphatic carbocycles. The van der Waals surface area contributed by atoms with Gasteiger partial charge in [-0.1, -0.05) is 36.4 Å². The number of nitrogens with one attached hydrogen (secondary N) is 1. The van der Waals surface area contributed by atoms with Crippen molar-refractivity contribution in [3.05, 3.63) is 111 Å². The third-order valence-corrected chi connectivity index (χ3v) is 9.45. The molecule has 2 aromatic heterocycles. The molecule has 7 nitrogen and oxygen atoms in total. The molecule has 0 saturated carbocycles. The predicted octanol–water partition coefficient (Wildman–Crippen LogP) is 6.55. The van der Waals surface area contributed by atoms with Crippen LogP contribution < -0.4 is 14.8 Å². The molecule has 1 fully saturated rings. The zero-order valence-corrected chi connectivity index (χ0v) is 25.9. The number of thiophene rings is 1. The summed E-state index contributed by atoms with van der Waals surface area (Å²) in [5, 5.41) is 12.8. The number of hydrogen-bond acceptors (Lipinski definition) is 6. The summed E-state index contributed by atoms with van der Waals surface area (Å²) in [4.78, 5) is 14.9. The van der Waals surface area contributed by atoms with Gasteiger partial charge in [0.15, 0.2) is 0 Å². The van der Waals surface area contributed by atoms with Gasteiger partial charge in [0, 0.05) is 35.0 Å². The van der Waals surface area contributed by atoms with Crippen molar-refractivity contribution < 1.29 is 14.3 Å². The van der Waals surface area contributed by atoms with Gasteiger partial charge in [-0.3, -0.25) is 14.4 Å². The third kappa shape index (κ3) is 5.51. The quantitative estimate of drug-likeness (QED) is 0.192. The van der Waals surface area contributed by atoms with Crippen LogP contribution in [0.1, 0.15) is 46.7 Å². The molecule has 0 radical (unpaired) electrons. The average Bonchev–Trinajstić information content (AvgIpc) is 3.88. The zero-order valence-electron chi connectivity index (χ0n) is 25.1. The summed E-state index contributed by atoms with van der Waals surface area (Å²) in [6.45, 7) is 2.99. The van der Waals surface area contributed by atoms with Crippen molar-refractivity contribution in [2.75, 3.05) is 33.9 Å². The zero-order chi connectivity index (χ0) is 30.0. The smallest absolute Gasteiger partial charge is 0.234 e. The van der Waals surface area contributed by atoms with E-state index in [0.717, 1.165) is 64.7 Å². The number of methoxy groups -OCH3 is 2. The van der Waals surface area contributed by atoms with Gasteiger partial charge in [-0.25, -0.2) is 0 Å². The number of ether oxygens (including phenoxy) is 2. The highest BCUT2D eigenvalue weighted by atomic mass is 32.1. The molecule has 2 aliphatic rings. The van der Waals surface area contributed by atoms with Gasteiger partial charge in [0.2, 0.25) is 5.91 Å². The Bertz CT molecular complexity index is 1710. The summed E-state index contributed by atoms with van der Waals surface area (Å²) in [5.74, 6) is 1.71. The maximum atomic E-state index is 12.7. The first-order valence-electron chi connectivity index (χ1n) is 15.1. The van der Waals surface area contributed by atoms with Gasteiger partial charge in [0.1, 0.15) is 17.5 Å². The van der Waals surface area contributed by atoms with Gasteiger partial charge in [-0.15, -0.1) is 0 Å². The second-order valence-electron chi connectivity index (χ2n) is 11.5. The molecular weight excluding hydrogens is 568 g/mol. The van der Waals surface area contributed by atoms with Crippen molar-refractivity contribution in [1.82, 2.24) is 20.0 Å². The van der Waals surface area contributed by atoms with Crippen LogP contribution in [0.25, 0.3) is 22.5 Å². The highest BCUT2D eigenvalue weighted by molar-refractivity contribution is 7.08. The molecule has 1 aliphatic heterocycles. The Morgan fingerprint density at radius 2 is 1.61 bits per heavy atom. The molecular formula is C36H36N4O3S. The van der Waals surface area contributed by atoms with Crippen molar-refractivity contribution in [3.63, 3.8) is 0 Å². The van der Waals surface area contributed by atoms with Crippen LogP contribution in [0.5, 0.6) is 11.5 Å². The fourth-order valence-corrected chi connectivity index (χ4v) is 7.13. The highest BCUT2D eigenvalue weighted by Gasteiger charge is 2.32. The second kappa shape index (κ2) is 12.3. The van der Waals surface area contributed by atoms with Gasteiger partial charge in [-0.2, -0.15) is 16.4 Å². The Labute approximate surface area is 262 Å². The Morgan fingerprint density at radius 1 is 0.932 bits per heavy atom. The van der Waals surface area contributed by atoms with E-state index in [1.54, 1.807) is 25.6 Å². The molecule has 5 aromatic rings. The van der Waals surface area contributed by atoms with E-state index in [0.29, 0.717) is 13.1 Å². The van der Waals surface area contributed by atoms with Crippen LogP contribution in [-0.4, -0.2) is 54.4 Å². The Hall–Kier alpha value is -4.40. The first-order chi connectivity index (χ1) is 21.6. The third-order valence-electron chi connectivity index (χ3n) is 8.76. The van der Waals surface area contributed by atoms with Crippen LogP contribution in [-0.2, 0) is 17.8 Å². The number of amides is 1. The van der Waals surface area contributed by atoms with Crippen molar-refractivity contribution in [3.8, 4) is 34.0 Å². The first-order valence-corrected chi connectivity index (χ1v) is 16.1. The summed E-state index contributed by atoms with van der Waals surface area (Å²) in [7, 11) is 3.37. The molecule has 3 aromatic carbocycles. The van der Waals surface area contributed by atoms with E-state index in [4.69, 9.17) is 14.6 Å². The van der Waals surface area contributed by atoms with Crippen LogP contribution >= 0.6 is 11.3 Å². The lowest BCUT2D eigenvalue weighted by Gasteiger charge is -2.22. The molecule has 0 unspecified atom stereocenters. The van der Waals surface area contributed by atoms with Crippen molar-refractivity contribution in [2.45, 2.75) is 31.8 Å². The maximum absolute atomic E-state index is 12.7. The SMILES string of the molecule is COc1ccc(C(c2ccc(OC)cc2)n2nc(-c3ccsc3)c3c2-c2cc(CNC(=O)CN4CCCC4)ccc2C3)cc1. The lowest BCUT2D eigenvalue weighted by Crippen LogP contribution is -2.35. The monoisotopic (exact) mass is 604 g/mol. The fraction of sp³-hybridized carbons (Fsp3) is 0.278. The number of hydrogen-bond donors (Lipinski definition) is 1. The van der Waals surface area contributed by atoms with Crippen molar-refractivity contribution >= 4 is 17.2 Å². The molecule has 1 saturated heterocycles. The normalized spacial score (nSPS) is 14.1. The van der Waals surface area contributed by atoms with Crippen LogP contribution in [0.4, 0.5) is 0 Å². The number of carbonyl (C=O) groups excluding carboxylic acids is 1. The number of carbonyl (C=O) groups is 1. The summed E-state index contributed by atoms with van der Waals surface area (Å²) in [6.07, 6.45) is 3.17. The summed E-state index contributed by atoms with van der Waals surface area (Å²) in [6, 6.07) is 25.1. The summed E-state index contributed by atoms with van der Waals surface area (Å²) < 4.78 is 13.2. The van der Waals surface area contributed by atoms with E-state index in [-0.39, 0.29) is 11.9 Å². The molecule has 8 heteroatoms. The van der Waals surface area contributed by atoms with Gasteiger partial charge in [-0.05, 0) is 90.0 Å². The highest BCUT2D eigenvalue weighted by Crippen LogP contribution is 2.45. The van der Waals surface area contributed by atoms with Crippen LogP contribution in [0.15, 0.2) is 83.6 Å². The Kier molecular flexibility index (Phi) is 7.93. The van der Waals surface area contributed by atoms with Gasteiger partial charge in [0.25, 0.3) is 0 Å². The van der Waals surface area contributed by atoms with E-state index in [1.807, 2.05) is 24.3 Å². The van der Waals surface area contributed by atoms with Crippen LogP contribution in [0, 0.1) is 0 Å². The Balaban J connectivity index is 1.31. The van der Waals surface area contributed by atoms with Crippen LogP contribution in [0.3, 0.4) is 0 Å². The molecule has 0 bridgehead atoms. The predicted molar refractivity (Wildman–Crippen MR) is 175 cm³/mol. The van der Waals surface area contributed by atoms with E-state index in [1.165, 1.54) is 29.5 Å². The number of benzene rings is 3. The number of aromatic nitrogens is 2. The largest absolute Gasteiger partial charge is 0.497 e. The maximum Gasteiger partial charge on any atom is 0.234 e. The molecule has 44 heavy (non-hydrogen) atoms. The molecule has 0 spiro atoms. The number of nitrogens with zero attached hydrogens (tertiary/aromatic N) is 3. The number of rotatable bonds is 10. The minimum absolute atomic E-state index is 0.0805. The van der Waals surface area contributed by atoms with Crippen molar-refractivity contribution in [1.29, 1.82) is 0 Å². The van der Waals surface area contributed by atoms with Crippen molar-refractivity contribution in [2.24, 2.45) is 0 Å². The molecule has 3 heterocycles. The van der Waals surface area contributed by atoms with Gasteiger partial charge < -0.3 is 14.8 Å². The average molecular weight is 605 g/mol. The topological polar surface area (TPSA) is 68.6 Å². The second-order valence-corrected chi connectivity index (χ2v) is 12.3. The summed E-state index contributed by atoms with van der Waals surface area (Å²) in [5.41, 5.74) is 10.3. The molecule has 0 atom stereocenters. The lowest BCUT2D eigenvalue weighted by atomic mass is 9.97. The van der Waals surface area contributed by atoms with E-state index >= 15 is 0 Å². The van der Waals surface area contributed by atoms with Gasteiger partial charge >= 0.3 is 0 Å². The van der Waals surface area contributed by atoms with E-state index in [2.05, 4.69) is 74.2 Å². The Morgan fingerprint density at radius 3 is 2.23 bits per heavy atom. The fourth-order valence-electron chi connectivity index (χ4n) is 6.49. The molecule has 1 amide bonds. The summed E-state index contributed by atoms with van der Waals surface area (Å²) >= 11 is 1.68. The molecule has 7 rings (SSSR count). The minimum atomic E-state index is -0.178. The minimum Gasteiger partial charge on any atom is -0.497 e. The number of likely N-dealkylation sites (tertiary alicyclic amines) is 1. The van der Waals surface area contributed by atoms with E-state index < -0.39 is 0 Å². The van der Waals surface area contributed by atoms with Crippen LogP contribution in [0.2, 0.25) is 0 Å². The number of fused-ring (bicyclic) bond motifs is 3. The molecule has 1 N–H and O–H groups in total. The first kappa shape index (κ1) is 28.4. The standard InChI is InChI=1S/C36H36N4O3S/c1-42-29-11-7-25(8-12-29)35(26-9-13-30(43-2)14-10-26)40-36-31-19-24(21-37-33(41)22-39-16-3-4-17-39)5-6-27(31)20-32(36)34(38-40)28-15-18-44-23-28/h5-15,18-19,23,35H,3-4,16-17,20-22H2,1-2H3,(H,37,41). The van der Waals surface area contributed by atoms with E-state index in [9.17, 15) is 4.79 Å².